The van der Waals surface area contributed by atoms with Crippen LogP contribution in [0.15, 0.2) is 215 Å². The van der Waals surface area contributed by atoms with Crippen LogP contribution in [0, 0.1) is 0 Å². The van der Waals surface area contributed by atoms with Gasteiger partial charge in [-0.15, -0.1) is 0 Å². The van der Waals surface area contributed by atoms with E-state index in [0.29, 0.717) is 0 Å². The maximum absolute atomic E-state index is 3.74. The summed E-state index contributed by atoms with van der Waals surface area (Å²) in [4.78, 5) is 4.78. The Morgan fingerprint density at radius 2 is 0.405 bits per heavy atom. The molecule has 9 aromatic carbocycles. The molecule has 0 bridgehead atoms. The monoisotopic (exact) mass is 1100 g/mol. The topological polar surface area (TPSA) is 6.48 Å². The molecule has 0 aliphatic carbocycles. The fourth-order valence-electron chi connectivity index (χ4n) is 9.62. The lowest BCUT2D eigenvalue weighted by molar-refractivity contribution is 0.590. The highest BCUT2D eigenvalue weighted by Gasteiger charge is 2.22. The minimum Gasteiger partial charge on any atom is -0.310 e. The van der Waals surface area contributed by atoms with Crippen LogP contribution in [-0.4, -0.2) is 0 Å². The molecule has 374 valence electrons. The summed E-state index contributed by atoms with van der Waals surface area (Å²) in [7, 11) is 0. The third-order valence-electron chi connectivity index (χ3n) is 14.2. The minimum atomic E-state index is 0.0552. The summed E-state index contributed by atoms with van der Waals surface area (Å²) >= 11 is 7.48. The lowest BCUT2D eigenvalue weighted by Crippen LogP contribution is -2.13. The molecule has 0 aliphatic rings. The number of rotatable bonds is 10. The van der Waals surface area contributed by atoms with Crippen molar-refractivity contribution in [3.8, 4) is 44.5 Å². The highest BCUT2D eigenvalue weighted by Crippen LogP contribution is 2.45. The average Bonchev–Trinajstić information content (AvgIpc) is 3.37. The molecule has 4 heteroatoms. The van der Waals surface area contributed by atoms with Crippen molar-refractivity contribution in [3.05, 3.63) is 237 Å². The molecule has 74 heavy (non-hydrogen) atoms. The third-order valence-corrected chi connectivity index (χ3v) is 15.3. The Bertz CT molecular complexity index is 2980. The Morgan fingerprint density at radius 3 is 0.595 bits per heavy atom. The molecule has 0 spiro atoms. The lowest BCUT2D eigenvalue weighted by Gasteiger charge is -2.29. The Balaban J connectivity index is 1.20. The van der Waals surface area contributed by atoms with E-state index in [9.17, 15) is 0 Å². The molecule has 0 aliphatic heterocycles. The lowest BCUT2D eigenvalue weighted by atomic mass is 9.85. The number of hydrogen-bond donors (Lipinski definition) is 0. The number of hydrogen-bond acceptors (Lipinski definition) is 2. The zero-order chi connectivity index (χ0) is 52.7. The molecule has 2 nitrogen and oxygen atoms in total. The first kappa shape index (κ1) is 52.4. The molecule has 0 atom stereocenters. The van der Waals surface area contributed by atoms with Gasteiger partial charge >= 0.3 is 0 Å². The number of benzene rings is 9. The number of nitrogens with zero attached hydrogens (tertiary/aromatic N) is 2. The molecule has 0 unspecified atom stereocenters. The van der Waals surface area contributed by atoms with Gasteiger partial charge in [0.25, 0.3) is 0 Å². The van der Waals surface area contributed by atoms with Crippen molar-refractivity contribution in [1.82, 2.24) is 0 Å². The van der Waals surface area contributed by atoms with Gasteiger partial charge in [-0.05, 0) is 198 Å². The summed E-state index contributed by atoms with van der Waals surface area (Å²) in [6.07, 6.45) is 0. The SMILES string of the molecule is CC(C)(C)c1ccc(-c2cc(-c3ccc(C(C)(C)C)cc3)cc(N(c3ccc(Br)cc3)c3ccc(N(c4ccc(Br)cc4)c4cc(-c5ccc(C(C)(C)C)cc5)cc(-c5ccc(C(C)(C)C)cc5)c4)cc3)c2)cc1. The summed E-state index contributed by atoms with van der Waals surface area (Å²) in [6.45, 7) is 27.3. The number of halogens is 2. The van der Waals surface area contributed by atoms with Crippen LogP contribution in [0.4, 0.5) is 34.1 Å². The Morgan fingerprint density at radius 1 is 0.216 bits per heavy atom. The second-order valence-corrected chi connectivity index (χ2v) is 25.8. The van der Waals surface area contributed by atoms with E-state index in [0.717, 1.165) is 65.3 Å². The predicted octanol–water partition coefficient (Wildman–Crippen LogP) is 22.0. The molecular weight excluding hydrogens is 1030 g/mol. The molecule has 9 rings (SSSR count). The van der Waals surface area contributed by atoms with Gasteiger partial charge in [0.1, 0.15) is 0 Å². The van der Waals surface area contributed by atoms with E-state index < -0.39 is 0 Å². The van der Waals surface area contributed by atoms with E-state index in [2.05, 4.69) is 331 Å². The Labute approximate surface area is 459 Å². The fourth-order valence-corrected chi connectivity index (χ4v) is 10.2. The van der Waals surface area contributed by atoms with Crippen molar-refractivity contribution in [2.75, 3.05) is 9.80 Å². The van der Waals surface area contributed by atoms with Crippen molar-refractivity contribution < 1.29 is 0 Å². The standard InChI is InChI=1S/C70H70Br2N2/c1-67(2,3)55-21-13-47(14-22-55)51-41-52(48-15-23-56(24-16-48)68(4,5)6)44-65(43-51)73(61-33-29-59(71)30-34-61)63-37-39-64(40-38-63)74(62-35-31-60(72)32-36-62)66-45-53(49-17-25-57(26-18-49)69(7,8)9)42-54(46-66)50-19-27-58(28-20-50)70(10,11)12/h13-46H,1-12H3. The molecule has 0 saturated heterocycles. The van der Waals surface area contributed by atoms with Crippen molar-refractivity contribution in [2.45, 2.75) is 105 Å². The van der Waals surface area contributed by atoms with Crippen LogP contribution in [0.2, 0.25) is 0 Å². The zero-order valence-electron chi connectivity index (χ0n) is 45.3. The van der Waals surface area contributed by atoms with E-state index in [-0.39, 0.29) is 21.7 Å². The van der Waals surface area contributed by atoms with Gasteiger partial charge in [-0.3, -0.25) is 0 Å². The molecule has 0 saturated carbocycles. The summed E-state index contributed by atoms with van der Waals surface area (Å²) in [6, 6.07) is 77.0. The summed E-state index contributed by atoms with van der Waals surface area (Å²) in [5.74, 6) is 0. The molecular formula is C70H70Br2N2. The molecule has 0 radical (unpaired) electrons. The van der Waals surface area contributed by atoms with E-state index in [1.165, 1.54) is 44.5 Å². The maximum Gasteiger partial charge on any atom is 0.0473 e. The van der Waals surface area contributed by atoms with Crippen LogP contribution < -0.4 is 9.80 Å². The number of anilines is 6. The van der Waals surface area contributed by atoms with Crippen molar-refractivity contribution >= 4 is 66.0 Å². The van der Waals surface area contributed by atoms with E-state index in [1.807, 2.05) is 0 Å². The second kappa shape index (κ2) is 20.7. The van der Waals surface area contributed by atoms with Gasteiger partial charge < -0.3 is 9.80 Å². The molecule has 0 aromatic heterocycles. The smallest absolute Gasteiger partial charge is 0.0473 e. The van der Waals surface area contributed by atoms with Gasteiger partial charge in [-0.1, -0.05) is 212 Å². The van der Waals surface area contributed by atoms with Crippen molar-refractivity contribution in [2.24, 2.45) is 0 Å². The van der Waals surface area contributed by atoms with E-state index in [1.54, 1.807) is 0 Å². The molecule has 0 amide bonds. The van der Waals surface area contributed by atoms with Gasteiger partial charge in [0.05, 0.1) is 0 Å². The highest BCUT2D eigenvalue weighted by molar-refractivity contribution is 9.10. The van der Waals surface area contributed by atoms with Crippen molar-refractivity contribution in [1.29, 1.82) is 0 Å². The second-order valence-electron chi connectivity index (χ2n) is 24.0. The van der Waals surface area contributed by atoms with Crippen LogP contribution in [0.3, 0.4) is 0 Å². The fraction of sp³-hybridized carbons (Fsp3) is 0.229. The first-order valence-corrected chi connectivity index (χ1v) is 27.5. The largest absolute Gasteiger partial charge is 0.310 e. The highest BCUT2D eigenvalue weighted by atomic mass is 79.9. The Hall–Kier alpha value is -6.46. The van der Waals surface area contributed by atoms with Gasteiger partial charge in [0.2, 0.25) is 0 Å². The summed E-state index contributed by atoms with van der Waals surface area (Å²) < 4.78 is 2.07. The van der Waals surface area contributed by atoms with Crippen molar-refractivity contribution in [3.63, 3.8) is 0 Å². The molecule has 9 aromatic rings. The maximum atomic E-state index is 3.74. The van der Waals surface area contributed by atoms with E-state index in [4.69, 9.17) is 0 Å². The summed E-state index contributed by atoms with van der Waals surface area (Å²) in [5.41, 5.74) is 21.2. The molecule has 0 heterocycles. The quantitative estimate of drug-likeness (QED) is 0.135. The first-order valence-electron chi connectivity index (χ1n) is 25.9. The predicted molar refractivity (Wildman–Crippen MR) is 328 cm³/mol. The molecule has 0 fully saturated rings. The normalized spacial score (nSPS) is 12.2. The van der Waals surface area contributed by atoms with Crippen LogP contribution in [-0.2, 0) is 21.7 Å². The zero-order valence-corrected chi connectivity index (χ0v) is 48.5. The van der Waals surface area contributed by atoms with Crippen LogP contribution >= 0.6 is 31.9 Å². The van der Waals surface area contributed by atoms with Gasteiger partial charge in [0, 0.05) is 43.1 Å². The average molecular weight is 1100 g/mol. The van der Waals surface area contributed by atoms with Crippen LogP contribution in [0.5, 0.6) is 0 Å². The third kappa shape index (κ3) is 11.9. The van der Waals surface area contributed by atoms with Gasteiger partial charge in [0.15, 0.2) is 0 Å². The molecule has 0 N–H and O–H groups in total. The Kier molecular flexibility index (Phi) is 14.7. The van der Waals surface area contributed by atoms with E-state index >= 15 is 0 Å². The minimum absolute atomic E-state index is 0.0552. The van der Waals surface area contributed by atoms with Gasteiger partial charge in [-0.25, -0.2) is 0 Å². The summed E-state index contributed by atoms with van der Waals surface area (Å²) in [5, 5.41) is 0. The van der Waals surface area contributed by atoms with Gasteiger partial charge in [-0.2, -0.15) is 0 Å². The first-order chi connectivity index (χ1) is 35.0. The van der Waals surface area contributed by atoms with Crippen LogP contribution in [0.1, 0.15) is 105 Å². The van der Waals surface area contributed by atoms with Crippen LogP contribution in [0.25, 0.3) is 44.5 Å².